The molecule has 18 heavy (non-hydrogen) atoms. The van der Waals surface area contributed by atoms with Crippen molar-refractivity contribution in [1.29, 1.82) is 0 Å². The lowest BCUT2D eigenvalue weighted by atomic mass is 9.57. The Morgan fingerprint density at radius 2 is 1.94 bits per heavy atom. The predicted molar refractivity (Wildman–Crippen MR) is 62.3 cm³/mol. The van der Waals surface area contributed by atoms with Crippen LogP contribution in [0.25, 0.3) is 0 Å². The Morgan fingerprint density at radius 3 is 2.39 bits per heavy atom. The number of hydrogen-bond acceptors (Lipinski definition) is 1. The fourth-order valence-corrected chi connectivity index (χ4v) is 2.44. The van der Waals surface area contributed by atoms with Gasteiger partial charge in [0.05, 0.1) is 5.56 Å². The topological polar surface area (TPSA) is 17.1 Å². The monoisotopic (exact) mass is 256 g/mol. The van der Waals surface area contributed by atoms with E-state index >= 15 is 0 Å². The van der Waals surface area contributed by atoms with Gasteiger partial charge in [-0.1, -0.05) is 26.0 Å². The number of benzene rings is 1. The van der Waals surface area contributed by atoms with Crippen LogP contribution in [0.15, 0.2) is 18.2 Å². The van der Waals surface area contributed by atoms with Gasteiger partial charge in [-0.15, -0.1) is 0 Å². The van der Waals surface area contributed by atoms with Gasteiger partial charge >= 0.3 is 0 Å². The van der Waals surface area contributed by atoms with Gasteiger partial charge in [0.2, 0.25) is 0 Å². The van der Waals surface area contributed by atoms with Crippen molar-refractivity contribution < 1.29 is 18.0 Å². The third-order valence-electron chi connectivity index (χ3n) is 4.06. The molecule has 0 N–H and O–H groups in total. The van der Waals surface area contributed by atoms with Crippen LogP contribution >= 0.6 is 0 Å². The average molecular weight is 256 g/mol. The van der Waals surface area contributed by atoms with Crippen LogP contribution < -0.4 is 0 Å². The molecule has 4 heteroatoms. The fourth-order valence-electron chi connectivity index (χ4n) is 2.44. The van der Waals surface area contributed by atoms with Gasteiger partial charge in [0, 0.05) is 17.8 Å². The molecular weight excluding hydrogens is 241 g/mol. The van der Waals surface area contributed by atoms with E-state index in [4.69, 9.17) is 0 Å². The second-order valence-electron chi connectivity index (χ2n) is 5.48. The maximum atomic E-state index is 13.7. The number of halogens is 3. The highest BCUT2D eigenvalue weighted by Gasteiger charge is 2.64. The van der Waals surface area contributed by atoms with Crippen LogP contribution in [0.5, 0.6) is 0 Å². The number of rotatable bonds is 2. The van der Waals surface area contributed by atoms with Gasteiger partial charge < -0.3 is 0 Å². The molecule has 1 saturated carbocycles. The SMILES string of the molecule is Cc1cccc(F)c1C(=O)C1CC(F)(F)C1(C)C. The summed E-state index contributed by atoms with van der Waals surface area (Å²) in [4.78, 5) is 12.2. The van der Waals surface area contributed by atoms with Crippen molar-refractivity contribution in [3.05, 3.63) is 35.1 Å². The first kappa shape index (κ1) is 13.1. The Balaban J connectivity index is 2.35. The molecule has 1 aliphatic carbocycles. The van der Waals surface area contributed by atoms with Crippen molar-refractivity contribution in [3.8, 4) is 0 Å². The quantitative estimate of drug-likeness (QED) is 0.731. The van der Waals surface area contributed by atoms with Gasteiger partial charge in [-0.2, -0.15) is 0 Å². The zero-order valence-electron chi connectivity index (χ0n) is 10.6. The minimum absolute atomic E-state index is 0.0499. The standard InChI is InChI=1S/C14H15F3O/c1-8-5-4-6-10(15)11(8)12(18)9-7-14(16,17)13(9,2)3/h4-6,9H,7H2,1-3H3. The van der Waals surface area contributed by atoms with Gasteiger partial charge in [-0.05, 0) is 18.6 Å². The summed E-state index contributed by atoms with van der Waals surface area (Å²) in [5, 5.41) is 0. The number of hydrogen-bond donors (Lipinski definition) is 0. The van der Waals surface area contributed by atoms with E-state index in [1.165, 1.54) is 26.0 Å². The van der Waals surface area contributed by atoms with Crippen molar-refractivity contribution in [2.24, 2.45) is 11.3 Å². The minimum atomic E-state index is -2.85. The Kier molecular flexibility index (Phi) is 2.80. The molecule has 1 aromatic carbocycles. The molecule has 0 heterocycles. The van der Waals surface area contributed by atoms with E-state index in [1.807, 2.05) is 0 Å². The van der Waals surface area contributed by atoms with E-state index in [-0.39, 0.29) is 5.56 Å². The molecule has 0 aromatic heterocycles. The molecule has 0 bridgehead atoms. The van der Waals surface area contributed by atoms with E-state index < -0.39 is 35.3 Å². The molecule has 1 unspecified atom stereocenters. The molecule has 0 aliphatic heterocycles. The van der Waals surface area contributed by atoms with Gasteiger partial charge in [0.15, 0.2) is 5.78 Å². The second kappa shape index (κ2) is 3.84. The zero-order valence-corrected chi connectivity index (χ0v) is 10.6. The second-order valence-corrected chi connectivity index (χ2v) is 5.48. The van der Waals surface area contributed by atoms with E-state index in [2.05, 4.69) is 0 Å². The molecule has 98 valence electrons. The highest BCUT2D eigenvalue weighted by Crippen LogP contribution is 2.58. The number of alkyl halides is 2. The summed E-state index contributed by atoms with van der Waals surface area (Å²) in [5.74, 6) is -4.82. The predicted octanol–water partition coefficient (Wildman–Crippen LogP) is 4.00. The zero-order chi connectivity index (χ0) is 13.7. The highest BCUT2D eigenvalue weighted by molar-refractivity contribution is 6.00. The van der Waals surface area contributed by atoms with Gasteiger partial charge in [0.25, 0.3) is 5.92 Å². The summed E-state index contributed by atoms with van der Waals surface area (Å²) in [6, 6.07) is 4.30. The summed E-state index contributed by atoms with van der Waals surface area (Å²) in [6.45, 7) is 4.32. The summed E-state index contributed by atoms with van der Waals surface area (Å²) < 4.78 is 40.5. The first-order valence-corrected chi connectivity index (χ1v) is 5.85. The van der Waals surface area contributed by atoms with E-state index in [9.17, 15) is 18.0 Å². The van der Waals surface area contributed by atoms with E-state index in [0.717, 1.165) is 0 Å². The number of carbonyl (C=O) groups is 1. The molecular formula is C14H15F3O. The normalized spacial score (nSPS) is 24.4. The first-order valence-electron chi connectivity index (χ1n) is 5.85. The Morgan fingerprint density at radius 1 is 1.33 bits per heavy atom. The molecule has 1 nitrogen and oxygen atoms in total. The highest BCUT2D eigenvalue weighted by atomic mass is 19.3. The number of ketones is 1. The first-order chi connectivity index (χ1) is 8.18. The van der Waals surface area contributed by atoms with Crippen LogP contribution in [0, 0.1) is 24.1 Å². The Hall–Kier alpha value is -1.32. The van der Waals surface area contributed by atoms with Crippen LogP contribution in [0.1, 0.15) is 36.2 Å². The lowest BCUT2D eigenvalue weighted by molar-refractivity contribution is -0.211. The molecule has 1 aromatic rings. The van der Waals surface area contributed by atoms with Crippen molar-refractivity contribution >= 4 is 5.78 Å². The van der Waals surface area contributed by atoms with Crippen LogP contribution in [0.4, 0.5) is 13.2 Å². The fraction of sp³-hybridized carbons (Fsp3) is 0.500. The molecule has 0 saturated heterocycles. The lowest BCUT2D eigenvalue weighted by Crippen LogP contribution is -2.57. The van der Waals surface area contributed by atoms with Crippen LogP contribution in [0.3, 0.4) is 0 Å². The summed E-state index contributed by atoms with van der Waals surface area (Å²) in [7, 11) is 0. The number of aryl methyl sites for hydroxylation is 1. The van der Waals surface area contributed by atoms with Crippen LogP contribution in [0.2, 0.25) is 0 Å². The lowest BCUT2D eigenvalue weighted by Gasteiger charge is -2.50. The Bertz CT molecular complexity index is 486. The summed E-state index contributed by atoms with van der Waals surface area (Å²) in [5.41, 5.74) is -0.962. The minimum Gasteiger partial charge on any atom is -0.294 e. The van der Waals surface area contributed by atoms with Crippen LogP contribution in [-0.4, -0.2) is 11.7 Å². The van der Waals surface area contributed by atoms with Gasteiger partial charge in [0.1, 0.15) is 5.82 Å². The summed E-state index contributed by atoms with van der Waals surface area (Å²) in [6.07, 6.45) is -0.493. The molecule has 0 spiro atoms. The number of Topliss-reactive ketones (excluding diaryl/α,β-unsaturated/α-hetero) is 1. The van der Waals surface area contributed by atoms with Crippen molar-refractivity contribution in [1.82, 2.24) is 0 Å². The van der Waals surface area contributed by atoms with Crippen molar-refractivity contribution in [3.63, 3.8) is 0 Å². The largest absolute Gasteiger partial charge is 0.294 e. The van der Waals surface area contributed by atoms with Gasteiger partial charge in [-0.25, -0.2) is 13.2 Å². The van der Waals surface area contributed by atoms with E-state index in [0.29, 0.717) is 5.56 Å². The maximum Gasteiger partial charge on any atom is 0.254 e. The van der Waals surface area contributed by atoms with Crippen molar-refractivity contribution in [2.75, 3.05) is 0 Å². The van der Waals surface area contributed by atoms with Gasteiger partial charge in [-0.3, -0.25) is 4.79 Å². The third kappa shape index (κ3) is 1.66. The third-order valence-corrected chi connectivity index (χ3v) is 4.06. The average Bonchev–Trinajstić information content (AvgIpc) is 2.25. The van der Waals surface area contributed by atoms with Crippen molar-refractivity contribution in [2.45, 2.75) is 33.1 Å². The van der Waals surface area contributed by atoms with Crippen LogP contribution in [-0.2, 0) is 0 Å². The number of carbonyl (C=O) groups excluding carboxylic acids is 1. The molecule has 1 fully saturated rings. The molecule has 1 atom stereocenters. The molecule has 1 aliphatic rings. The molecule has 2 rings (SSSR count). The molecule has 0 amide bonds. The summed E-state index contributed by atoms with van der Waals surface area (Å²) >= 11 is 0. The maximum absolute atomic E-state index is 13.7. The Labute approximate surface area is 104 Å². The molecule has 0 radical (unpaired) electrons. The van der Waals surface area contributed by atoms with E-state index in [1.54, 1.807) is 13.0 Å². The smallest absolute Gasteiger partial charge is 0.254 e.